The van der Waals surface area contributed by atoms with Gasteiger partial charge in [-0.05, 0) is 5.56 Å². The smallest absolute Gasteiger partial charge is 0.357 e. The SMILES string of the molecule is COC(N1CCN(Cc2ccccc2)CC1)C(F)(F)F. The first-order valence-corrected chi connectivity index (χ1v) is 6.60. The monoisotopic (exact) mass is 288 g/mol. The number of alkyl halides is 3. The van der Waals surface area contributed by atoms with Gasteiger partial charge in [-0.1, -0.05) is 30.3 Å². The van der Waals surface area contributed by atoms with Crippen molar-refractivity contribution in [3.8, 4) is 0 Å². The first-order valence-electron chi connectivity index (χ1n) is 6.60. The summed E-state index contributed by atoms with van der Waals surface area (Å²) in [5.41, 5.74) is 1.18. The zero-order valence-corrected chi connectivity index (χ0v) is 11.4. The van der Waals surface area contributed by atoms with E-state index in [1.54, 1.807) is 0 Å². The van der Waals surface area contributed by atoms with E-state index < -0.39 is 12.4 Å². The molecule has 20 heavy (non-hydrogen) atoms. The standard InChI is InChI=1S/C14H19F3N2O/c1-20-13(14(15,16)17)19-9-7-18(8-10-19)11-12-5-3-2-4-6-12/h2-6,13H,7-11H2,1H3. The molecule has 0 bridgehead atoms. The normalized spacial score (nSPS) is 20.0. The fourth-order valence-corrected chi connectivity index (χ4v) is 2.49. The Labute approximate surface area is 116 Å². The number of nitrogens with zero attached hydrogens (tertiary/aromatic N) is 2. The Hall–Kier alpha value is -1.11. The van der Waals surface area contributed by atoms with E-state index in [1.165, 1.54) is 10.5 Å². The number of ether oxygens (including phenoxy) is 1. The van der Waals surface area contributed by atoms with Gasteiger partial charge < -0.3 is 4.74 Å². The number of halogens is 3. The second-order valence-electron chi connectivity index (χ2n) is 4.93. The maximum absolute atomic E-state index is 12.8. The van der Waals surface area contributed by atoms with Crippen molar-refractivity contribution in [2.24, 2.45) is 0 Å². The molecule has 0 saturated carbocycles. The highest BCUT2D eigenvalue weighted by Gasteiger charge is 2.44. The van der Waals surface area contributed by atoms with Gasteiger partial charge in [-0.3, -0.25) is 9.80 Å². The third kappa shape index (κ3) is 3.94. The van der Waals surface area contributed by atoms with Gasteiger partial charge in [-0.2, -0.15) is 13.2 Å². The molecule has 1 unspecified atom stereocenters. The third-order valence-electron chi connectivity index (χ3n) is 3.49. The Balaban J connectivity index is 1.86. The number of piperazine rings is 1. The summed E-state index contributed by atoms with van der Waals surface area (Å²) in [4.78, 5) is 3.51. The van der Waals surface area contributed by atoms with Crippen LogP contribution in [0.15, 0.2) is 30.3 Å². The van der Waals surface area contributed by atoms with Crippen molar-refractivity contribution < 1.29 is 17.9 Å². The molecule has 0 N–H and O–H groups in total. The van der Waals surface area contributed by atoms with Crippen LogP contribution in [0.4, 0.5) is 13.2 Å². The van der Waals surface area contributed by atoms with Gasteiger partial charge in [0.05, 0.1) is 0 Å². The maximum atomic E-state index is 12.8. The van der Waals surface area contributed by atoms with Crippen molar-refractivity contribution >= 4 is 0 Å². The van der Waals surface area contributed by atoms with E-state index in [1.807, 2.05) is 30.3 Å². The van der Waals surface area contributed by atoms with E-state index >= 15 is 0 Å². The third-order valence-corrected chi connectivity index (χ3v) is 3.49. The Morgan fingerprint density at radius 1 is 1.10 bits per heavy atom. The second-order valence-corrected chi connectivity index (χ2v) is 4.93. The molecular formula is C14H19F3N2O. The summed E-state index contributed by atoms with van der Waals surface area (Å²) < 4.78 is 42.9. The molecule has 0 aliphatic carbocycles. The first kappa shape index (κ1) is 15.3. The van der Waals surface area contributed by atoms with Crippen LogP contribution in [-0.2, 0) is 11.3 Å². The zero-order chi connectivity index (χ0) is 14.6. The van der Waals surface area contributed by atoms with Crippen LogP contribution >= 0.6 is 0 Å². The Bertz CT molecular complexity index is 403. The van der Waals surface area contributed by atoms with E-state index in [9.17, 15) is 13.2 Å². The average molecular weight is 288 g/mol. The summed E-state index contributed by atoms with van der Waals surface area (Å²) in [6.07, 6.45) is -6.13. The molecule has 1 fully saturated rings. The highest BCUT2D eigenvalue weighted by molar-refractivity contribution is 5.14. The molecule has 1 atom stereocenters. The van der Waals surface area contributed by atoms with Gasteiger partial charge in [-0.25, -0.2) is 0 Å². The minimum Gasteiger partial charge on any atom is -0.357 e. The Kier molecular flexibility index (Phi) is 5.01. The van der Waals surface area contributed by atoms with Crippen molar-refractivity contribution in [3.63, 3.8) is 0 Å². The molecule has 0 aromatic heterocycles. The van der Waals surface area contributed by atoms with Crippen molar-refractivity contribution in [1.82, 2.24) is 9.80 Å². The lowest BCUT2D eigenvalue weighted by Gasteiger charge is -2.39. The number of rotatable bonds is 4. The summed E-state index contributed by atoms with van der Waals surface area (Å²) in [5.74, 6) is 0. The summed E-state index contributed by atoms with van der Waals surface area (Å²) in [5, 5.41) is 0. The average Bonchev–Trinajstić information content (AvgIpc) is 2.41. The van der Waals surface area contributed by atoms with Gasteiger partial charge in [0, 0.05) is 39.8 Å². The lowest BCUT2D eigenvalue weighted by molar-refractivity contribution is -0.262. The Morgan fingerprint density at radius 3 is 2.20 bits per heavy atom. The van der Waals surface area contributed by atoms with Crippen molar-refractivity contribution in [1.29, 1.82) is 0 Å². The summed E-state index contributed by atoms with van der Waals surface area (Å²) in [6, 6.07) is 9.94. The number of hydrogen-bond acceptors (Lipinski definition) is 3. The second kappa shape index (κ2) is 6.56. The fourth-order valence-electron chi connectivity index (χ4n) is 2.49. The van der Waals surface area contributed by atoms with Crippen LogP contribution in [0.25, 0.3) is 0 Å². The van der Waals surface area contributed by atoms with Gasteiger partial charge >= 0.3 is 6.18 Å². The molecule has 1 aromatic rings. The van der Waals surface area contributed by atoms with Crippen molar-refractivity contribution in [3.05, 3.63) is 35.9 Å². The lowest BCUT2D eigenvalue weighted by atomic mass is 10.2. The first-order chi connectivity index (χ1) is 9.50. The highest BCUT2D eigenvalue weighted by atomic mass is 19.4. The molecule has 0 amide bonds. The van der Waals surface area contributed by atoms with E-state index in [2.05, 4.69) is 9.64 Å². The quantitative estimate of drug-likeness (QED) is 0.846. The fraction of sp³-hybridized carbons (Fsp3) is 0.571. The van der Waals surface area contributed by atoms with Crippen molar-refractivity contribution in [2.45, 2.75) is 18.9 Å². The van der Waals surface area contributed by atoms with Crippen LogP contribution in [-0.4, -0.2) is 55.5 Å². The lowest BCUT2D eigenvalue weighted by Crippen LogP contribution is -2.55. The summed E-state index contributed by atoms with van der Waals surface area (Å²) in [6.45, 7) is 2.74. The molecule has 1 aromatic carbocycles. The minimum atomic E-state index is -4.34. The Morgan fingerprint density at radius 2 is 1.70 bits per heavy atom. The van der Waals surface area contributed by atoms with E-state index in [-0.39, 0.29) is 0 Å². The van der Waals surface area contributed by atoms with Crippen LogP contribution < -0.4 is 0 Å². The molecule has 1 saturated heterocycles. The van der Waals surface area contributed by atoms with Gasteiger partial charge in [0.25, 0.3) is 0 Å². The van der Waals surface area contributed by atoms with Gasteiger partial charge in [0.2, 0.25) is 6.23 Å². The largest absolute Gasteiger partial charge is 0.428 e. The number of methoxy groups -OCH3 is 1. The van der Waals surface area contributed by atoms with Gasteiger partial charge in [0.1, 0.15) is 0 Å². The molecule has 1 aliphatic heterocycles. The predicted molar refractivity (Wildman–Crippen MR) is 70.1 cm³/mol. The molecular weight excluding hydrogens is 269 g/mol. The van der Waals surface area contributed by atoms with Crippen LogP contribution in [0.2, 0.25) is 0 Å². The van der Waals surface area contributed by atoms with Crippen molar-refractivity contribution in [2.75, 3.05) is 33.3 Å². The predicted octanol–water partition coefficient (Wildman–Crippen LogP) is 2.34. The molecule has 1 heterocycles. The zero-order valence-electron chi connectivity index (χ0n) is 11.4. The van der Waals surface area contributed by atoms with E-state index in [4.69, 9.17) is 0 Å². The summed E-state index contributed by atoms with van der Waals surface area (Å²) >= 11 is 0. The van der Waals surface area contributed by atoms with E-state index in [0.29, 0.717) is 26.2 Å². The molecule has 3 nitrogen and oxygen atoms in total. The maximum Gasteiger partial charge on any atom is 0.428 e. The number of hydrogen-bond donors (Lipinski definition) is 0. The molecule has 2 rings (SSSR count). The van der Waals surface area contributed by atoms with Crippen LogP contribution in [0, 0.1) is 0 Å². The van der Waals surface area contributed by atoms with Crippen LogP contribution in [0.5, 0.6) is 0 Å². The van der Waals surface area contributed by atoms with Crippen LogP contribution in [0.3, 0.4) is 0 Å². The molecule has 6 heteroatoms. The molecule has 0 spiro atoms. The summed E-state index contributed by atoms with van der Waals surface area (Å²) in [7, 11) is 1.11. The molecule has 112 valence electrons. The van der Waals surface area contributed by atoms with E-state index in [0.717, 1.165) is 13.7 Å². The van der Waals surface area contributed by atoms with Crippen LogP contribution in [0.1, 0.15) is 5.56 Å². The molecule has 1 aliphatic rings. The van der Waals surface area contributed by atoms with Gasteiger partial charge in [-0.15, -0.1) is 0 Å². The highest BCUT2D eigenvalue weighted by Crippen LogP contribution is 2.26. The van der Waals surface area contributed by atoms with Gasteiger partial charge in [0.15, 0.2) is 0 Å². The topological polar surface area (TPSA) is 15.7 Å². The number of benzene rings is 1. The minimum absolute atomic E-state index is 0.366. The molecule has 0 radical (unpaired) electrons.